The summed E-state index contributed by atoms with van der Waals surface area (Å²) in [5.41, 5.74) is 1.12. The monoisotopic (exact) mass is 189 g/mol. The minimum Gasteiger partial charge on any atom is -0.363 e. The molecule has 2 aromatic heterocycles. The van der Waals surface area contributed by atoms with Crippen LogP contribution in [-0.2, 0) is 6.54 Å². The number of hydrogen-bond donors (Lipinski definition) is 2. The zero-order valence-electron chi connectivity index (χ0n) is 7.86. The molecule has 72 valence electrons. The summed E-state index contributed by atoms with van der Waals surface area (Å²) in [6.45, 7) is 2.62. The Hall–Kier alpha value is -1.91. The van der Waals surface area contributed by atoms with Crippen LogP contribution in [0.15, 0.2) is 24.7 Å². The second-order valence-corrected chi connectivity index (χ2v) is 2.95. The predicted octanol–water partition coefficient (Wildman–Crippen LogP) is 1.12. The van der Waals surface area contributed by atoms with Crippen LogP contribution in [0.25, 0.3) is 0 Å². The number of anilines is 1. The molecule has 0 unspecified atom stereocenters. The first kappa shape index (κ1) is 8.68. The van der Waals surface area contributed by atoms with E-state index in [9.17, 15) is 0 Å². The summed E-state index contributed by atoms with van der Waals surface area (Å²) < 4.78 is 0. The van der Waals surface area contributed by atoms with Crippen molar-refractivity contribution in [2.24, 2.45) is 0 Å². The lowest BCUT2D eigenvalue weighted by Gasteiger charge is -2.05. The van der Waals surface area contributed by atoms with Gasteiger partial charge in [0.1, 0.15) is 18.0 Å². The first-order valence-electron chi connectivity index (χ1n) is 4.36. The maximum absolute atomic E-state index is 4.20. The van der Waals surface area contributed by atoms with Gasteiger partial charge in [0.05, 0.1) is 6.54 Å². The zero-order chi connectivity index (χ0) is 9.80. The number of hydrogen-bond acceptors (Lipinski definition) is 4. The van der Waals surface area contributed by atoms with Crippen molar-refractivity contribution in [2.75, 3.05) is 5.32 Å². The van der Waals surface area contributed by atoms with Gasteiger partial charge in [-0.25, -0.2) is 9.97 Å². The number of aryl methyl sites for hydroxylation is 1. The van der Waals surface area contributed by atoms with Gasteiger partial charge in [-0.3, -0.25) is 5.10 Å². The fourth-order valence-electron chi connectivity index (χ4n) is 1.15. The van der Waals surface area contributed by atoms with Gasteiger partial charge in [-0.1, -0.05) is 6.07 Å². The second kappa shape index (κ2) is 3.87. The summed E-state index contributed by atoms with van der Waals surface area (Å²) in [7, 11) is 0. The second-order valence-electron chi connectivity index (χ2n) is 2.95. The topological polar surface area (TPSA) is 66.5 Å². The molecule has 0 amide bonds. The predicted molar refractivity (Wildman–Crippen MR) is 52.7 cm³/mol. The zero-order valence-corrected chi connectivity index (χ0v) is 7.86. The fourth-order valence-corrected chi connectivity index (χ4v) is 1.15. The molecule has 14 heavy (non-hydrogen) atoms. The molecule has 5 heteroatoms. The summed E-state index contributed by atoms with van der Waals surface area (Å²) in [5, 5.41) is 9.71. The van der Waals surface area contributed by atoms with Crippen LogP contribution in [0.1, 0.15) is 11.4 Å². The van der Waals surface area contributed by atoms with Crippen molar-refractivity contribution in [3.05, 3.63) is 36.0 Å². The maximum atomic E-state index is 4.20. The number of rotatable bonds is 3. The number of aromatic amines is 1. The third kappa shape index (κ3) is 1.87. The molecule has 5 nitrogen and oxygen atoms in total. The van der Waals surface area contributed by atoms with Gasteiger partial charge >= 0.3 is 0 Å². The number of nitrogens with zero attached hydrogens (tertiary/aromatic N) is 3. The van der Waals surface area contributed by atoms with Crippen molar-refractivity contribution in [3.8, 4) is 0 Å². The Morgan fingerprint density at radius 2 is 2.36 bits per heavy atom. The average molecular weight is 189 g/mol. The standard InChI is InChI=1S/C9H11N5/c1-7-3-2-4-10-9(7)11-5-8-12-6-13-14-8/h2-4,6H,5H2,1H3,(H,10,11)(H,12,13,14). The first-order valence-corrected chi connectivity index (χ1v) is 4.36. The van der Waals surface area contributed by atoms with E-state index in [4.69, 9.17) is 0 Å². The van der Waals surface area contributed by atoms with Crippen molar-refractivity contribution in [1.82, 2.24) is 20.2 Å². The van der Waals surface area contributed by atoms with Gasteiger partial charge in [0.15, 0.2) is 0 Å². The molecule has 0 saturated carbocycles. The smallest absolute Gasteiger partial charge is 0.143 e. The highest BCUT2D eigenvalue weighted by atomic mass is 15.2. The highest BCUT2D eigenvalue weighted by Crippen LogP contribution is 2.09. The van der Waals surface area contributed by atoms with Crippen LogP contribution in [-0.4, -0.2) is 20.2 Å². The van der Waals surface area contributed by atoms with E-state index in [0.717, 1.165) is 17.2 Å². The maximum Gasteiger partial charge on any atom is 0.143 e. The molecule has 2 heterocycles. The highest BCUT2D eigenvalue weighted by Gasteiger charge is 1.99. The SMILES string of the molecule is Cc1cccnc1NCc1ncn[nH]1. The van der Waals surface area contributed by atoms with Crippen LogP contribution < -0.4 is 5.32 Å². The van der Waals surface area contributed by atoms with Crippen LogP contribution in [0.5, 0.6) is 0 Å². The van der Waals surface area contributed by atoms with Gasteiger partial charge in [0, 0.05) is 6.20 Å². The van der Waals surface area contributed by atoms with Crippen molar-refractivity contribution in [2.45, 2.75) is 13.5 Å². The first-order chi connectivity index (χ1) is 6.86. The average Bonchev–Trinajstić information content (AvgIpc) is 2.69. The van der Waals surface area contributed by atoms with Gasteiger partial charge in [0.25, 0.3) is 0 Å². The van der Waals surface area contributed by atoms with Crippen LogP contribution >= 0.6 is 0 Å². The Morgan fingerprint density at radius 3 is 3.07 bits per heavy atom. The van der Waals surface area contributed by atoms with E-state index in [2.05, 4.69) is 25.5 Å². The summed E-state index contributed by atoms with van der Waals surface area (Å²) in [5.74, 6) is 1.68. The molecule has 0 atom stereocenters. The van der Waals surface area contributed by atoms with Crippen molar-refractivity contribution in [1.29, 1.82) is 0 Å². The lowest BCUT2D eigenvalue weighted by atomic mass is 10.3. The van der Waals surface area contributed by atoms with E-state index in [-0.39, 0.29) is 0 Å². The Bertz CT molecular complexity index is 395. The molecule has 0 spiro atoms. The molecule has 0 radical (unpaired) electrons. The molecule has 0 aliphatic carbocycles. The lowest BCUT2D eigenvalue weighted by molar-refractivity contribution is 0.945. The molecule has 0 aliphatic rings. The number of H-pyrrole nitrogens is 1. The Morgan fingerprint density at radius 1 is 1.43 bits per heavy atom. The third-order valence-electron chi connectivity index (χ3n) is 1.90. The molecule has 2 aromatic rings. The Kier molecular flexibility index (Phi) is 2.40. The van der Waals surface area contributed by atoms with Gasteiger partial charge in [-0.15, -0.1) is 0 Å². The molecule has 2 N–H and O–H groups in total. The molecule has 0 aliphatic heterocycles. The summed E-state index contributed by atoms with van der Waals surface area (Å²) in [6.07, 6.45) is 3.25. The highest BCUT2D eigenvalue weighted by molar-refractivity contribution is 5.42. The van der Waals surface area contributed by atoms with Crippen LogP contribution in [0.4, 0.5) is 5.82 Å². The molecule has 0 aromatic carbocycles. The van der Waals surface area contributed by atoms with Crippen LogP contribution in [0.2, 0.25) is 0 Å². The minimum atomic E-state index is 0.609. The van der Waals surface area contributed by atoms with E-state index >= 15 is 0 Å². The van der Waals surface area contributed by atoms with E-state index in [1.54, 1.807) is 6.20 Å². The summed E-state index contributed by atoms with van der Waals surface area (Å²) in [6, 6.07) is 3.92. The van der Waals surface area contributed by atoms with E-state index < -0.39 is 0 Å². The van der Waals surface area contributed by atoms with Gasteiger partial charge in [-0.2, -0.15) is 5.10 Å². The van der Waals surface area contributed by atoms with Gasteiger partial charge < -0.3 is 5.32 Å². The van der Waals surface area contributed by atoms with Gasteiger partial charge in [0.2, 0.25) is 0 Å². The van der Waals surface area contributed by atoms with Crippen molar-refractivity contribution >= 4 is 5.82 Å². The lowest BCUT2D eigenvalue weighted by Crippen LogP contribution is -2.04. The number of pyridine rings is 1. The molecular formula is C9H11N5. The third-order valence-corrected chi connectivity index (χ3v) is 1.90. The Balaban J connectivity index is 2.02. The summed E-state index contributed by atoms with van der Waals surface area (Å²) >= 11 is 0. The van der Waals surface area contributed by atoms with Crippen LogP contribution in [0.3, 0.4) is 0 Å². The number of aromatic nitrogens is 4. The quantitative estimate of drug-likeness (QED) is 0.759. The van der Waals surface area contributed by atoms with E-state index in [1.165, 1.54) is 6.33 Å². The van der Waals surface area contributed by atoms with E-state index in [1.807, 2.05) is 19.1 Å². The molecular weight excluding hydrogens is 178 g/mol. The number of nitrogens with one attached hydrogen (secondary N) is 2. The normalized spacial score (nSPS) is 10.1. The van der Waals surface area contributed by atoms with Gasteiger partial charge in [-0.05, 0) is 18.6 Å². The molecule has 0 fully saturated rings. The largest absolute Gasteiger partial charge is 0.363 e. The summed E-state index contributed by atoms with van der Waals surface area (Å²) in [4.78, 5) is 8.21. The molecule has 2 rings (SSSR count). The van der Waals surface area contributed by atoms with Crippen LogP contribution in [0, 0.1) is 6.92 Å². The fraction of sp³-hybridized carbons (Fsp3) is 0.222. The molecule has 0 saturated heterocycles. The van der Waals surface area contributed by atoms with Crippen molar-refractivity contribution in [3.63, 3.8) is 0 Å². The van der Waals surface area contributed by atoms with Crippen molar-refractivity contribution < 1.29 is 0 Å². The van der Waals surface area contributed by atoms with E-state index in [0.29, 0.717) is 6.54 Å². The minimum absolute atomic E-state index is 0.609. The Labute approximate surface area is 81.6 Å². The molecule has 0 bridgehead atoms.